The molecular weight excluding hydrogens is 456 g/mol. The number of rotatable bonds is 8. The van der Waals surface area contributed by atoms with Crippen molar-refractivity contribution in [2.24, 2.45) is 5.10 Å². The van der Waals surface area contributed by atoms with Crippen LogP contribution in [0.25, 0.3) is 0 Å². The first kappa shape index (κ1) is 24.5. The molecule has 3 amide bonds. The Kier molecular flexibility index (Phi) is 8.76. The number of hydrazone groups is 1. The fourth-order valence-electron chi connectivity index (χ4n) is 2.77. The number of aryl methyl sites for hydroxylation is 1. The fourth-order valence-corrected chi connectivity index (χ4v) is 2.94. The van der Waals surface area contributed by atoms with E-state index >= 15 is 0 Å². The molecule has 0 spiro atoms. The minimum absolute atomic E-state index is 0.114. The Labute approximate surface area is 202 Å². The second-order valence-electron chi connectivity index (χ2n) is 7.23. The number of hydrogen-bond acceptors (Lipinski definition) is 5. The molecule has 0 radical (unpaired) electrons. The van der Waals surface area contributed by atoms with Crippen molar-refractivity contribution in [1.82, 2.24) is 10.7 Å². The summed E-state index contributed by atoms with van der Waals surface area (Å²) < 4.78 is 5.47. The Morgan fingerprint density at radius 3 is 2.44 bits per heavy atom. The molecule has 3 N–H and O–H groups in total. The number of halogens is 1. The summed E-state index contributed by atoms with van der Waals surface area (Å²) in [6.45, 7) is 2.10. The molecule has 0 aliphatic carbocycles. The molecule has 0 saturated carbocycles. The molecule has 0 aliphatic heterocycles. The Bertz CT molecular complexity index is 1180. The first-order valence-electron chi connectivity index (χ1n) is 10.3. The second kappa shape index (κ2) is 12.2. The average Bonchev–Trinajstić information content (AvgIpc) is 2.85. The Morgan fingerprint density at radius 2 is 1.71 bits per heavy atom. The average molecular weight is 479 g/mol. The summed E-state index contributed by atoms with van der Waals surface area (Å²) in [7, 11) is 0. The first-order valence-corrected chi connectivity index (χ1v) is 10.7. The fraction of sp³-hybridized carbons (Fsp3) is 0.120. The van der Waals surface area contributed by atoms with Crippen molar-refractivity contribution in [2.75, 3.05) is 11.9 Å². The molecule has 9 heteroatoms. The van der Waals surface area contributed by atoms with Gasteiger partial charge in [0.05, 0.1) is 6.21 Å². The summed E-state index contributed by atoms with van der Waals surface area (Å²) in [5, 5.41) is 9.50. The number of amides is 3. The summed E-state index contributed by atoms with van der Waals surface area (Å²) in [6, 6.07) is 21.3. The SMILES string of the molecule is Cc1ccc(Cl)cc1NC(=O)C(=O)N/N=C\c1ccc(OCC(=O)NCc2ccccc2)cc1. The second-order valence-corrected chi connectivity index (χ2v) is 7.67. The standard InChI is InChI=1S/C25H23ClN4O4/c1-17-7-10-20(26)13-22(17)29-24(32)25(33)30-28-15-19-8-11-21(12-9-19)34-16-23(31)27-14-18-5-3-2-4-6-18/h2-13,15H,14,16H2,1H3,(H,27,31)(H,29,32)(H,30,33)/b28-15-. The topological polar surface area (TPSA) is 109 Å². The van der Waals surface area contributed by atoms with E-state index in [0.29, 0.717) is 28.6 Å². The lowest BCUT2D eigenvalue weighted by Gasteiger charge is -2.08. The van der Waals surface area contributed by atoms with Gasteiger partial charge in [-0.05, 0) is 60.0 Å². The molecule has 3 aromatic carbocycles. The molecule has 0 atom stereocenters. The molecule has 0 heterocycles. The maximum atomic E-state index is 12.0. The summed E-state index contributed by atoms with van der Waals surface area (Å²) >= 11 is 5.91. The lowest BCUT2D eigenvalue weighted by Crippen LogP contribution is -2.32. The van der Waals surface area contributed by atoms with Crippen molar-refractivity contribution < 1.29 is 19.1 Å². The van der Waals surface area contributed by atoms with E-state index in [9.17, 15) is 14.4 Å². The maximum absolute atomic E-state index is 12.0. The van der Waals surface area contributed by atoms with Gasteiger partial charge in [0.2, 0.25) is 0 Å². The van der Waals surface area contributed by atoms with Crippen LogP contribution in [0, 0.1) is 6.92 Å². The number of nitrogens with one attached hydrogen (secondary N) is 3. The van der Waals surface area contributed by atoms with Crippen molar-refractivity contribution in [3.05, 3.63) is 94.5 Å². The Hall–Kier alpha value is -4.17. The number of carbonyl (C=O) groups excluding carboxylic acids is 3. The van der Waals surface area contributed by atoms with Crippen LogP contribution in [0.4, 0.5) is 5.69 Å². The van der Waals surface area contributed by atoms with Gasteiger partial charge in [0.1, 0.15) is 5.75 Å². The third-order valence-electron chi connectivity index (χ3n) is 4.62. The minimum atomic E-state index is -0.919. The summed E-state index contributed by atoms with van der Waals surface area (Å²) in [5.74, 6) is -1.51. The van der Waals surface area contributed by atoms with Crippen molar-refractivity contribution >= 4 is 41.2 Å². The van der Waals surface area contributed by atoms with Gasteiger partial charge in [-0.15, -0.1) is 0 Å². The molecule has 0 saturated heterocycles. The highest BCUT2D eigenvalue weighted by atomic mass is 35.5. The van der Waals surface area contributed by atoms with Gasteiger partial charge < -0.3 is 15.4 Å². The van der Waals surface area contributed by atoms with E-state index in [1.54, 1.807) is 49.4 Å². The molecule has 0 aromatic heterocycles. The lowest BCUT2D eigenvalue weighted by molar-refractivity contribution is -0.136. The van der Waals surface area contributed by atoms with Crippen LogP contribution in [0.15, 0.2) is 77.9 Å². The van der Waals surface area contributed by atoms with Crippen LogP contribution in [0.5, 0.6) is 5.75 Å². The zero-order valence-electron chi connectivity index (χ0n) is 18.4. The highest BCUT2D eigenvalue weighted by Crippen LogP contribution is 2.20. The Morgan fingerprint density at radius 1 is 0.971 bits per heavy atom. The van der Waals surface area contributed by atoms with Crippen LogP contribution >= 0.6 is 11.6 Å². The molecular formula is C25H23ClN4O4. The lowest BCUT2D eigenvalue weighted by atomic mass is 10.2. The van der Waals surface area contributed by atoms with Gasteiger partial charge in [-0.25, -0.2) is 5.43 Å². The smallest absolute Gasteiger partial charge is 0.329 e. The molecule has 0 unspecified atom stereocenters. The predicted octanol–water partition coefficient (Wildman–Crippen LogP) is 3.43. The summed E-state index contributed by atoms with van der Waals surface area (Å²) in [4.78, 5) is 35.9. The highest BCUT2D eigenvalue weighted by Gasteiger charge is 2.14. The van der Waals surface area contributed by atoms with Crippen molar-refractivity contribution in [3.63, 3.8) is 0 Å². The van der Waals surface area contributed by atoms with E-state index < -0.39 is 11.8 Å². The third-order valence-corrected chi connectivity index (χ3v) is 4.85. The number of carbonyl (C=O) groups is 3. The number of anilines is 1. The van der Waals surface area contributed by atoms with Crippen LogP contribution in [-0.2, 0) is 20.9 Å². The van der Waals surface area contributed by atoms with E-state index in [2.05, 4.69) is 21.2 Å². The van der Waals surface area contributed by atoms with E-state index in [4.69, 9.17) is 16.3 Å². The number of hydrogen-bond donors (Lipinski definition) is 3. The van der Waals surface area contributed by atoms with Gasteiger partial charge >= 0.3 is 11.8 Å². The van der Waals surface area contributed by atoms with Crippen LogP contribution in [-0.4, -0.2) is 30.5 Å². The Balaban J connectivity index is 1.41. The highest BCUT2D eigenvalue weighted by molar-refractivity contribution is 6.40. The molecule has 0 bridgehead atoms. The molecule has 34 heavy (non-hydrogen) atoms. The zero-order chi connectivity index (χ0) is 24.3. The van der Waals surface area contributed by atoms with E-state index in [-0.39, 0.29) is 12.5 Å². The van der Waals surface area contributed by atoms with Gasteiger partial charge in [-0.2, -0.15) is 5.10 Å². The molecule has 174 valence electrons. The third kappa shape index (κ3) is 7.75. The molecule has 0 aliphatic rings. The van der Waals surface area contributed by atoms with Crippen LogP contribution in [0.2, 0.25) is 5.02 Å². The molecule has 8 nitrogen and oxygen atoms in total. The van der Waals surface area contributed by atoms with E-state index in [1.165, 1.54) is 6.21 Å². The quantitative estimate of drug-likeness (QED) is 0.262. The molecule has 3 aromatic rings. The monoisotopic (exact) mass is 478 g/mol. The van der Waals surface area contributed by atoms with E-state index in [0.717, 1.165) is 11.1 Å². The van der Waals surface area contributed by atoms with Gasteiger partial charge in [0.15, 0.2) is 6.61 Å². The normalized spacial score (nSPS) is 10.5. The predicted molar refractivity (Wildman–Crippen MR) is 131 cm³/mol. The van der Waals surface area contributed by atoms with Crippen molar-refractivity contribution in [3.8, 4) is 5.75 Å². The van der Waals surface area contributed by atoms with Gasteiger partial charge in [-0.1, -0.05) is 48.0 Å². The number of ether oxygens (including phenoxy) is 1. The van der Waals surface area contributed by atoms with Gasteiger partial charge in [0.25, 0.3) is 5.91 Å². The van der Waals surface area contributed by atoms with Crippen LogP contribution < -0.4 is 20.8 Å². The first-order chi connectivity index (χ1) is 16.4. The van der Waals surface area contributed by atoms with Crippen LogP contribution in [0.1, 0.15) is 16.7 Å². The van der Waals surface area contributed by atoms with Gasteiger partial charge in [0, 0.05) is 17.3 Å². The van der Waals surface area contributed by atoms with Crippen molar-refractivity contribution in [1.29, 1.82) is 0 Å². The summed E-state index contributed by atoms with van der Waals surface area (Å²) in [5.41, 5.74) is 5.05. The largest absolute Gasteiger partial charge is 0.484 e. The van der Waals surface area contributed by atoms with Gasteiger partial charge in [-0.3, -0.25) is 14.4 Å². The maximum Gasteiger partial charge on any atom is 0.329 e. The molecule has 0 fully saturated rings. The summed E-state index contributed by atoms with van der Waals surface area (Å²) in [6.07, 6.45) is 1.38. The minimum Gasteiger partial charge on any atom is -0.484 e. The van der Waals surface area contributed by atoms with Crippen LogP contribution in [0.3, 0.4) is 0 Å². The van der Waals surface area contributed by atoms with Crippen molar-refractivity contribution in [2.45, 2.75) is 13.5 Å². The molecule has 3 rings (SSSR count). The zero-order valence-corrected chi connectivity index (χ0v) is 19.1. The number of nitrogens with zero attached hydrogens (tertiary/aromatic N) is 1. The number of benzene rings is 3. The van der Waals surface area contributed by atoms with E-state index in [1.807, 2.05) is 30.3 Å².